The van der Waals surface area contributed by atoms with E-state index in [1.807, 2.05) is 78.9 Å². The standard InChI is InChI=1S/C25H25ClN6O3/c26-20-8-4-7-19(15-20)18-11-9-17(10-12-18)13-21(23(33)28-25-29-31-32-30-25)27-22(24(34)35)14-16-5-2-1-3-6-16/h1-12,15,21-22,27,31-32H,13-14H2,(H,34,35)(H2,28,29,30,33)/t21-,22-/m0/s1. The molecule has 1 heterocycles. The van der Waals surface area contributed by atoms with E-state index in [0.29, 0.717) is 5.02 Å². The smallest absolute Gasteiger partial charge is 0.321 e. The van der Waals surface area contributed by atoms with Crippen molar-refractivity contribution in [2.24, 2.45) is 5.10 Å². The number of hydrogen-bond acceptors (Lipinski definition) is 7. The molecule has 0 aliphatic carbocycles. The van der Waals surface area contributed by atoms with Crippen molar-refractivity contribution in [1.82, 2.24) is 27.1 Å². The molecule has 0 fully saturated rings. The van der Waals surface area contributed by atoms with Crippen LogP contribution >= 0.6 is 11.6 Å². The van der Waals surface area contributed by atoms with Crippen molar-refractivity contribution in [2.45, 2.75) is 24.9 Å². The van der Waals surface area contributed by atoms with Crippen molar-refractivity contribution in [3.63, 3.8) is 0 Å². The Morgan fingerprint density at radius 3 is 2.26 bits per heavy atom. The molecular weight excluding hydrogens is 468 g/mol. The lowest BCUT2D eigenvalue weighted by molar-refractivity contribution is -0.139. The summed E-state index contributed by atoms with van der Waals surface area (Å²) in [5.41, 5.74) is 11.4. The van der Waals surface area contributed by atoms with E-state index in [1.54, 1.807) is 0 Å². The second kappa shape index (κ2) is 11.5. The first-order valence-electron chi connectivity index (χ1n) is 11.0. The van der Waals surface area contributed by atoms with Gasteiger partial charge in [-0.1, -0.05) is 78.3 Å². The van der Waals surface area contributed by atoms with Crippen molar-refractivity contribution in [3.05, 3.63) is 95.0 Å². The number of carboxylic acid groups (broad SMARTS) is 1. The summed E-state index contributed by atoms with van der Waals surface area (Å²) in [5, 5.41) is 20.0. The molecule has 9 nitrogen and oxygen atoms in total. The largest absolute Gasteiger partial charge is 0.480 e. The van der Waals surface area contributed by atoms with Crippen LogP contribution in [0.3, 0.4) is 0 Å². The highest BCUT2D eigenvalue weighted by atomic mass is 35.5. The molecule has 0 unspecified atom stereocenters. The lowest BCUT2D eigenvalue weighted by atomic mass is 9.99. The lowest BCUT2D eigenvalue weighted by Gasteiger charge is -2.23. The summed E-state index contributed by atoms with van der Waals surface area (Å²) in [6.07, 6.45) is 0.504. The van der Waals surface area contributed by atoms with Gasteiger partial charge in [0.05, 0.1) is 6.04 Å². The van der Waals surface area contributed by atoms with Gasteiger partial charge in [0.2, 0.25) is 11.9 Å². The minimum absolute atomic E-state index is 0.188. The van der Waals surface area contributed by atoms with E-state index in [9.17, 15) is 14.7 Å². The van der Waals surface area contributed by atoms with Crippen LogP contribution in [0.4, 0.5) is 0 Å². The van der Waals surface area contributed by atoms with E-state index < -0.39 is 24.0 Å². The Balaban J connectivity index is 1.52. The van der Waals surface area contributed by atoms with E-state index in [1.165, 1.54) is 0 Å². The number of carbonyl (C=O) groups is 2. The van der Waals surface area contributed by atoms with Crippen LogP contribution in [0.5, 0.6) is 0 Å². The molecule has 3 aromatic carbocycles. The summed E-state index contributed by atoms with van der Waals surface area (Å²) in [6.45, 7) is 0. The van der Waals surface area contributed by atoms with E-state index >= 15 is 0 Å². The van der Waals surface area contributed by atoms with Crippen molar-refractivity contribution in [2.75, 3.05) is 0 Å². The molecule has 2 atom stereocenters. The van der Waals surface area contributed by atoms with Crippen LogP contribution in [-0.2, 0) is 22.4 Å². The molecule has 1 amide bonds. The van der Waals surface area contributed by atoms with Crippen molar-refractivity contribution in [3.8, 4) is 11.1 Å². The molecule has 1 aliphatic heterocycles. The first-order chi connectivity index (χ1) is 17.0. The number of benzene rings is 3. The fourth-order valence-corrected chi connectivity index (χ4v) is 3.93. The third kappa shape index (κ3) is 6.80. The molecule has 180 valence electrons. The molecule has 0 saturated heterocycles. The molecule has 10 heteroatoms. The molecule has 4 rings (SSSR count). The average Bonchev–Trinajstić information content (AvgIpc) is 3.37. The summed E-state index contributed by atoms with van der Waals surface area (Å²) >= 11 is 6.11. The number of carbonyl (C=O) groups excluding carboxylic acids is 1. The van der Waals surface area contributed by atoms with Crippen LogP contribution in [0.2, 0.25) is 5.02 Å². The van der Waals surface area contributed by atoms with Gasteiger partial charge in [-0.15, -0.1) is 10.6 Å². The second-order valence-electron chi connectivity index (χ2n) is 8.02. The van der Waals surface area contributed by atoms with Crippen molar-refractivity contribution < 1.29 is 14.7 Å². The lowest BCUT2D eigenvalue weighted by Crippen LogP contribution is -2.55. The van der Waals surface area contributed by atoms with Crippen molar-refractivity contribution >= 4 is 29.4 Å². The van der Waals surface area contributed by atoms with Crippen LogP contribution in [-0.4, -0.2) is 35.0 Å². The molecule has 0 aromatic heterocycles. The molecule has 6 N–H and O–H groups in total. The number of hydrogen-bond donors (Lipinski definition) is 6. The third-order valence-electron chi connectivity index (χ3n) is 5.50. The van der Waals surface area contributed by atoms with Gasteiger partial charge in [-0.25, -0.2) is 5.53 Å². The van der Waals surface area contributed by atoms with Gasteiger partial charge in [0.25, 0.3) is 0 Å². The van der Waals surface area contributed by atoms with Crippen LogP contribution in [0.1, 0.15) is 11.1 Å². The zero-order valence-corrected chi connectivity index (χ0v) is 19.4. The van der Waals surface area contributed by atoms with Crippen LogP contribution in [0, 0.1) is 0 Å². The van der Waals surface area contributed by atoms with Gasteiger partial charge in [0.15, 0.2) is 0 Å². The van der Waals surface area contributed by atoms with E-state index in [2.05, 4.69) is 32.2 Å². The minimum Gasteiger partial charge on any atom is -0.480 e. The Hall–Kier alpha value is -3.92. The summed E-state index contributed by atoms with van der Waals surface area (Å²) < 4.78 is 0. The van der Waals surface area contributed by atoms with Gasteiger partial charge < -0.3 is 5.11 Å². The van der Waals surface area contributed by atoms with Gasteiger partial charge in [0.1, 0.15) is 6.04 Å². The highest BCUT2D eigenvalue weighted by Crippen LogP contribution is 2.23. The first kappa shape index (κ1) is 24.2. The SMILES string of the molecule is O=C(O)[C@H](Cc1ccccc1)N[C@@H](Cc1ccc(-c2cccc(Cl)c2)cc1)C(=O)NC1=NNNN1. The monoisotopic (exact) mass is 492 g/mol. The van der Waals surface area contributed by atoms with E-state index in [-0.39, 0.29) is 18.8 Å². The summed E-state index contributed by atoms with van der Waals surface area (Å²) in [4.78, 5) is 25.1. The molecule has 0 spiro atoms. The van der Waals surface area contributed by atoms with Crippen molar-refractivity contribution in [1.29, 1.82) is 0 Å². The zero-order chi connectivity index (χ0) is 24.6. The maximum Gasteiger partial charge on any atom is 0.321 e. The Kier molecular flexibility index (Phi) is 7.94. The average molecular weight is 493 g/mol. The quantitative estimate of drug-likeness (QED) is 0.270. The molecule has 0 saturated carbocycles. The molecule has 35 heavy (non-hydrogen) atoms. The number of nitrogens with one attached hydrogen (secondary N) is 5. The Morgan fingerprint density at radius 1 is 0.886 bits per heavy atom. The van der Waals surface area contributed by atoms with Crippen LogP contribution in [0.15, 0.2) is 84.0 Å². The van der Waals surface area contributed by atoms with E-state index in [0.717, 1.165) is 22.3 Å². The maximum absolute atomic E-state index is 13.1. The summed E-state index contributed by atoms with van der Waals surface area (Å²) in [6, 6.07) is 22.8. The Bertz CT molecular complexity index is 1200. The highest BCUT2D eigenvalue weighted by molar-refractivity contribution is 6.30. The highest BCUT2D eigenvalue weighted by Gasteiger charge is 2.28. The molecule has 0 bridgehead atoms. The summed E-state index contributed by atoms with van der Waals surface area (Å²) in [7, 11) is 0. The molecule has 3 aromatic rings. The van der Waals surface area contributed by atoms with Gasteiger partial charge in [-0.2, -0.15) is 0 Å². The number of guanidine groups is 1. The number of nitrogens with zero attached hydrogens (tertiary/aromatic N) is 1. The predicted molar refractivity (Wildman–Crippen MR) is 134 cm³/mol. The second-order valence-corrected chi connectivity index (χ2v) is 8.46. The number of hydrazone groups is 1. The van der Waals surface area contributed by atoms with Gasteiger partial charge in [-0.3, -0.25) is 25.6 Å². The van der Waals surface area contributed by atoms with Crippen LogP contribution in [0.25, 0.3) is 11.1 Å². The number of halogens is 1. The normalized spacial score (nSPS) is 14.3. The molecule has 0 radical (unpaired) electrons. The Morgan fingerprint density at radius 2 is 1.60 bits per heavy atom. The number of amides is 1. The fraction of sp³-hybridized carbons (Fsp3) is 0.160. The third-order valence-corrected chi connectivity index (χ3v) is 5.73. The molecular formula is C25H25ClN6O3. The minimum atomic E-state index is -1.04. The predicted octanol–water partition coefficient (Wildman–Crippen LogP) is 2.20. The summed E-state index contributed by atoms with van der Waals surface area (Å²) in [5.74, 6) is -1.27. The van der Waals surface area contributed by atoms with Gasteiger partial charge in [0, 0.05) is 5.02 Å². The zero-order valence-electron chi connectivity index (χ0n) is 18.7. The van der Waals surface area contributed by atoms with E-state index in [4.69, 9.17) is 11.6 Å². The Labute approximate surface area is 207 Å². The van der Waals surface area contributed by atoms with Crippen LogP contribution < -0.4 is 27.1 Å². The topological polar surface area (TPSA) is 127 Å². The van der Waals surface area contributed by atoms with Gasteiger partial charge in [-0.05, 0) is 47.2 Å². The fourth-order valence-electron chi connectivity index (χ4n) is 3.74. The first-order valence-corrected chi connectivity index (χ1v) is 11.4. The number of carboxylic acids is 1. The molecule has 1 aliphatic rings. The maximum atomic E-state index is 13.1. The van der Waals surface area contributed by atoms with Gasteiger partial charge >= 0.3 is 5.97 Å². The number of aliphatic carboxylic acids is 1. The number of rotatable bonds is 9. The number of hydrazine groups is 2.